The van der Waals surface area contributed by atoms with E-state index in [4.69, 9.17) is 11.6 Å². The van der Waals surface area contributed by atoms with Crippen molar-refractivity contribution < 1.29 is 4.79 Å². The molecule has 0 saturated heterocycles. The summed E-state index contributed by atoms with van der Waals surface area (Å²) in [5.74, 6) is 0.244. The van der Waals surface area contributed by atoms with E-state index in [9.17, 15) is 4.79 Å². The summed E-state index contributed by atoms with van der Waals surface area (Å²) in [5, 5.41) is 3.03. The third-order valence-corrected chi connectivity index (χ3v) is 3.12. The van der Waals surface area contributed by atoms with Crippen molar-refractivity contribution in [1.82, 2.24) is 9.97 Å². The Morgan fingerprint density at radius 2 is 1.84 bits per heavy atom. The van der Waals surface area contributed by atoms with Crippen LogP contribution < -0.4 is 5.32 Å². The zero-order valence-corrected chi connectivity index (χ0v) is 11.5. The lowest BCUT2D eigenvalue weighted by Crippen LogP contribution is -2.34. The van der Waals surface area contributed by atoms with Crippen molar-refractivity contribution in [2.45, 2.75) is 19.3 Å². The predicted molar refractivity (Wildman–Crippen MR) is 75.1 cm³/mol. The summed E-state index contributed by atoms with van der Waals surface area (Å²) in [7, 11) is 0. The molecule has 0 unspecified atom stereocenters. The maximum absolute atomic E-state index is 12.3. The van der Waals surface area contributed by atoms with E-state index in [1.165, 1.54) is 12.4 Å². The number of carbonyl (C=O) groups is 1. The fourth-order valence-corrected chi connectivity index (χ4v) is 1.73. The number of carbonyl (C=O) groups excluding carboxylic acids is 1. The lowest BCUT2D eigenvalue weighted by Gasteiger charge is -2.23. The molecule has 1 aromatic heterocycles. The lowest BCUT2D eigenvalue weighted by atomic mass is 9.84. The molecule has 0 atom stereocenters. The van der Waals surface area contributed by atoms with E-state index in [0.717, 1.165) is 5.56 Å². The number of nitrogens with one attached hydrogen (secondary N) is 1. The summed E-state index contributed by atoms with van der Waals surface area (Å²) in [6.07, 6.45) is 2.83. The van der Waals surface area contributed by atoms with Gasteiger partial charge in [0.1, 0.15) is 5.15 Å². The van der Waals surface area contributed by atoms with Crippen molar-refractivity contribution >= 4 is 23.3 Å². The average Bonchev–Trinajstić information content (AvgIpc) is 2.42. The van der Waals surface area contributed by atoms with Gasteiger partial charge in [-0.05, 0) is 19.4 Å². The van der Waals surface area contributed by atoms with Crippen molar-refractivity contribution in [1.29, 1.82) is 0 Å². The topological polar surface area (TPSA) is 54.9 Å². The minimum atomic E-state index is -0.650. The second kappa shape index (κ2) is 5.36. The first kappa shape index (κ1) is 13.5. The molecule has 1 N–H and O–H groups in total. The molecular formula is C14H14ClN3O. The van der Waals surface area contributed by atoms with Crippen molar-refractivity contribution in [3.05, 3.63) is 53.4 Å². The first-order valence-electron chi connectivity index (χ1n) is 5.84. The minimum Gasteiger partial charge on any atom is -0.309 e. The Balaban J connectivity index is 2.17. The number of nitrogens with zero attached hydrogens (tertiary/aromatic N) is 2. The van der Waals surface area contributed by atoms with Crippen molar-refractivity contribution in [2.75, 3.05) is 5.32 Å². The molecule has 5 heteroatoms. The van der Waals surface area contributed by atoms with Crippen molar-refractivity contribution in [2.24, 2.45) is 0 Å². The van der Waals surface area contributed by atoms with Crippen LogP contribution in [0, 0.1) is 0 Å². The van der Waals surface area contributed by atoms with Gasteiger partial charge in [0.15, 0.2) is 5.82 Å². The number of hydrogen-bond acceptors (Lipinski definition) is 3. The van der Waals surface area contributed by atoms with Gasteiger partial charge in [-0.25, -0.2) is 9.97 Å². The molecule has 19 heavy (non-hydrogen) atoms. The molecule has 2 aromatic rings. The Morgan fingerprint density at radius 3 is 2.42 bits per heavy atom. The van der Waals surface area contributed by atoms with Crippen LogP contribution >= 0.6 is 11.6 Å². The van der Waals surface area contributed by atoms with Gasteiger partial charge >= 0.3 is 0 Å². The minimum absolute atomic E-state index is 0.143. The quantitative estimate of drug-likeness (QED) is 0.937. The van der Waals surface area contributed by atoms with E-state index in [2.05, 4.69) is 15.3 Å². The molecule has 98 valence electrons. The molecule has 0 spiro atoms. The van der Waals surface area contributed by atoms with Crippen LogP contribution in [-0.2, 0) is 10.2 Å². The van der Waals surface area contributed by atoms with Gasteiger partial charge in [0, 0.05) is 0 Å². The molecule has 0 aliphatic heterocycles. The van der Waals surface area contributed by atoms with Crippen LogP contribution in [0.3, 0.4) is 0 Å². The summed E-state index contributed by atoms with van der Waals surface area (Å²) in [6.45, 7) is 3.72. The molecule has 0 bridgehead atoms. The highest BCUT2D eigenvalue weighted by atomic mass is 35.5. The Kier molecular flexibility index (Phi) is 3.81. The standard InChI is InChI=1S/C14H14ClN3O/c1-14(2,10-6-4-3-5-7-10)13(19)18-12-9-16-11(15)8-17-12/h3-9H,1-2H3,(H,17,18,19). The zero-order valence-electron chi connectivity index (χ0n) is 10.7. The summed E-state index contributed by atoms with van der Waals surface area (Å²) in [5.41, 5.74) is 0.289. The highest BCUT2D eigenvalue weighted by Crippen LogP contribution is 2.24. The van der Waals surface area contributed by atoms with Crippen LogP contribution in [0.1, 0.15) is 19.4 Å². The summed E-state index contributed by atoms with van der Waals surface area (Å²) in [4.78, 5) is 20.2. The number of benzene rings is 1. The molecule has 0 aliphatic carbocycles. The summed E-state index contributed by atoms with van der Waals surface area (Å²) < 4.78 is 0. The second-order valence-corrected chi connectivity index (χ2v) is 5.06. The van der Waals surface area contributed by atoms with Gasteiger partial charge < -0.3 is 5.32 Å². The van der Waals surface area contributed by atoms with Gasteiger partial charge in [-0.2, -0.15) is 0 Å². The maximum atomic E-state index is 12.3. The zero-order chi connectivity index (χ0) is 13.9. The van der Waals surface area contributed by atoms with Gasteiger partial charge in [-0.15, -0.1) is 0 Å². The van der Waals surface area contributed by atoms with E-state index in [1.54, 1.807) is 0 Å². The largest absolute Gasteiger partial charge is 0.309 e. The molecule has 0 saturated carbocycles. The average molecular weight is 276 g/mol. The smallest absolute Gasteiger partial charge is 0.235 e. The third kappa shape index (κ3) is 3.09. The third-order valence-electron chi connectivity index (χ3n) is 2.93. The predicted octanol–water partition coefficient (Wildman–Crippen LogP) is 3.05. The molecule has 0 fully saturated rings. The molecule has 2 rings (SSSR count). The first-order valence-corrected chi connectivity index (χ1v) is 6.22. The van der Waals surface area contributed by atoms with Crippen molar-refractivity contribution in [3.63, 3.8) is 0 Å². The fraction of sp³-hybridized carbons (Fsp3) is 0.214. The molecule has 4 nitrogen and oxygen atoms in total. The van der Waals surface area contributed by atoms with E-state index in [1.807, 2.05) is 44.2 Å². The van der Waals surface area contributed by atoms with E-state index in [-0.39, 0.29) is 5.91 Å². The second-order valence-electron chi connectivity index (χ2n) is 4.67. The molecular weight excluding hydrogens is 262 g/mol. The molecule has 0 radical (unpaired) electrons. The molecule has 1 heterocycles. The highest BCUT2D eigenvalue weighted by molar-refractivity contribution is 6.29. The Bertz CT molecular complexity index is 567. The normalized spacial score (nSPS) is 11.1. The van der Waals surface area contributed by atoms with Gasteiger partial charge in [0.2, 0.25) is 5.91 Å². The van der Waals surface area contributed by atoms with Gasteiger partial charge in [0.05, 0.1) is 17.8 Å². The molecule has 0 aliphatic rings. The van der Waals surface area contributed by atoms with Crippen LogP contribution in [0.2, 0.25) is 5.15 Å². The monoisotopic (exact) mass is 275 g/mol. The number of anilines is 1. The van der Waals surface area contributed by atoms with Crippen LogP contribution in [0.4, 0.5) is 5.82 Å². The maximum Gasteiger partial charge on any atom is 0.235 e. The van der Waals surface area contributed by atoms with Gasteiger partial charge in [-0.1, -0.05) is 41.9 Å². The van der Waals surface area contributed by atoms with Crippen LogP contribution in [0.25, 0.3) is 0 Å². The van der Waals surface area contributed by atoms with E-state index in [0.29, 0.717) is 11.0 Å². The summed E-state index contributed by atoms with van der Waals surface area (Å²) >= 11 is 5.65. The van der Waals surface area contributed by atoms with Gasteiger partial charge in [0.25, 0.3) is 0 Å². The molecule has 1 aromatic carbocycles. The first-order chi connectivity index (χ1) is 9.00. The number of aromatic nitrogens is 2. The number of hydrogen-bond donors (Lipinski definition) is 1. The Morgan fingerprint density at radius 1 is 1.16 bits per heavy atom. The fourth-order valence-electron chi connectivity index (χ4n) is 1.64. The van der Waals surface area contributed by atoms with Crippen LogP contribution in [-0.4, -0.2) is 15.9 Å². The van der Waals surface area contributed by atoms with E-state index >= 15 is 0 Å². The Hall–Kier alpha value is -1.94. The van der Waals surface area contributed by atoms with Crippen LogP contribution in [0.5, 0.6) is 0 Å². The SMILES string of the molecule is CC(C)(C(=O)Nc1cnc(Cl)cn1)c1ccccc1. The van der Waals surface area contributed by atoms with E-state index < -0.39 is 5.41 Å². The number of halogens is 1. The number of rotatable bonds is 3. The highest BCUT2D eigenvalue weighted by Gasteiger charge is 2.29. The Labute approximate surface area is 116 Å². The summed E-state index contributed by atoms with van der Waals surface area (Å²) in [6, 6.07) is 9.58. The molecule has 1 amide bonds. The van der Waals surface area contributed by atoms with Crippen LogP contribution in [0.15, 0.2) is 42.7 Å². The lowest BCUT2D eigenvalue weighted by molar-refractivity contribution is -0.120. The van der Waals surface area contributed by atoms with Crippen molar-refractivity contribution in [3.8, 4) is 0 Å². The number of amides is 1. The van der Waals surface area contributed by atoms with Gasteiger partial charge in [-0.3, -0.25) is 4.79 Å².